The summed E-state index contributed by atoms with van der Waals surface area (Å²) in [6.45, 7) is 0.290. The van der Waals surface area contributed by atoms with Crippen LogP contribution in [0.25, 0.3) is 11.1 Å². The van der Waals surface area contributed by atoms with Crippen LogP contribution in [-0.4, -0.2) is 36.2 Å². The molecule has 3 N–H and O–H groups in total. The zero-order valence-corrected chi connectivity index (χ0v) is 19.0. The van der Waals surface area contributed by atoms with E-state index >= 15 is 0 Å². The number of halogens is 3. The highest BCUT2D eigenvalue weighted by Gasteiger charge is 2.42. The quantitative estimate of drug-likeness (QED) is 0.449. The molecule has 1 atom stereocenters. The number of carboxylic acid groups (broad SMARTS) is 1. The van der Waals surface area contributed by atoms with Crippen molar-refractivity contribution in [1.82, 2.24) is 4.90 Å². The fraction of sp³-hybridized carbons (Fsp3) is 0.269. The number of aliphatic carboxylic acids is 1. The van der Waals surface area contributed by atoms with Crippen LogP contribution in [0.2, 0.25) is 0 Å². The fourth-order valence-electron chi connectivity index (χ4n) is 3.90. The molecule has 180 valence electrons. The Bertz CT molecular complexity index is 1150. The maximum atomic E-state index is 13.9. The highest BCUT2D eigenvalue weighted by molar-refractivity contribution is 5.71. The average Bonchev–Trinajstić information content (AvgIpc) is 2.77. The van der Waals surface area contributed by atoms with Crippen LogP contribution in [0, 0.1) is 0 Å². The van der Waals surface area contributed by atoms with Gasteiger partial charge >= 0.3 is 12.1 Å². The molecule has 0 spiro atoms. The van der Waals surface area contributed by atoms with Gasteiger partial charge in [0, 0.05) is 12.1 Å². The number of ether oxygens (including phenoxy) is 1. The molecule has 0 aromatic heterocycles. The maximum absolute atomic E-state index is 13.9. The Morgan fingerprint density at radius 3 is 2.35 bits per heavy atom. The zero-order chi connectivity index (χ0) is 24.9. The molecule has 3 rings (SSSR count). The first-order valence-corrected chi connectivity index (χ1v) is 10.7. The van der Waals surface area contributed by atoms with Gasteiger partial charge in [0.25, 0.3) is 0 Å². The summed E-state index contributed by atoms with van der Waals surface area (Å²) in [6, 6.07) is 17.1. The Kier molecular flexibility index (Phi) is 7.96. The molecule has 34 heavy (non-hydrogen) atoms. The van der Waals surface area contributed by atoms with Gasteiger partial charge in [-0.1, -0.05) is 42.5 Å². The van der Waals surface area contributed by atoms with Gasteiger partial charge in [0.2, 0.25) is 0 Å². The van der Waals surface area contributed by atoms with Crippen molar-refractivity contribution in [2.45, 2.75) is 31.8 Å². The number of carbonyl (C=O) groups is 1. The first kappa shape index (κ1) is 25.3. The van der Waals surface area contributed by atoms with Crippen LogP contribution in [0.4, 0.5) is 13.2 Å². The third kappa shape index (κ3) is 6.36. The van der Waals surface area contributed by atoms with E-state index in [1.54, 1.807) is 30.3 Å². The third-order valence-electron chi connectivity index (χ3n) is 5.36. The van der Waals surface area contributed by atoms with Gasteiger partial charge in [-0.3, -0.25) is 9.69 Å². The molecule has 3 aromatic carbocycles. The van der Waals surface area contributed by atoms with Crippen molar-refractivity contribution in [3.63, 3.8) is 0 Å². The lowest BCUT2D eigenvalue weighted by molar-refractivity contribution is -0.179. The van der Waals surface area contributed by atoms with Crippen molar-refractivity contribution in [1.29, 1.82) is 0 Å². The highest BCUT2D eigenvalue weighted by atomic mass is 19.4. The molecule has 0 radical (unpaired) electrons. The molecule has 8 heteroatoms. The number of alkyl halides is 3. The summed E-state index contributed by atoms with van der Waals surface area (Å²) in [5.41, 5.74) is 9.08. The van der Waals surface area contributed by atoms with E-state index in [1.165, 1.54) is 26.2 Å². The van der Waals surface area contributed by atoms with E-state index < -0.39 is 18.2 Å². The minimum Gasteiger partial charge on any atom is -0.489 e. The summed E-state index contributed by atoms with van der Waals surface area (Å²) < 4.78 is 47.6. The molecular formula is C26H27F3N2O3. The van der Waals surface area contributed by atoms with E-state index in [-0.39, 0.29) is 18.6 Å². The van der Waals surface area contributed by atoms with Gasteiger partial charge in [0.15, 0.2) is 0 Å². The summed E-state index contributed by atoms with van der Waals surface area (Å²) in [5, 5.41) is 9.13. The fourth-order valence-corrected chi connectivity index (χ4v) is 3.90. The minimum absolute atomic E-state index is 0.0218. The predicted octanol–water partition coefficient (Wildman–Crippen LogP) is 5.18. The van der Waals surface area contributed by atoms with Crippen LogP contribution in [0.3, 0.4) is 0 Å². The normalized spacial score (nSPS) is 12.6. The lowest BCUT2D eigenvalue weighted by Crippen LogP contribution is -2.33. The molecular weight excluding hydrogens is 445 g/mol. The van der Waals surface area contributed by atoms with Gasteiger partial charge in [0.05, 0.1) is 6.42 Å². The standard InChI is InChI=1S/C26H27F3N2O3/c1-31(2)25(26(27,28)29)22-12-18(11-21(13-22)19-8-5-6-17(10-19)15-30)16-34-23-9-4-3-7-20(23)14-24(32)33/h3-13,25H,14-16,30H2,1-2H3,(H,32,33). The predicted molar refractivity (Wildman–Crippen MR) is 124 cm³/mol. The maximum Gasteiger partial charge on any atom is 0.408 e. The van der Waals surface area contributed by atoms with Crippen molar-refractivity contribution in [3.8, 4) is 16.9 Å². The van der Waals surface area contributed by atoms with Crippen LogP contribution in [0.1, 0.15) is 28.3 Å². The number of para-hydroxylation sites is 1. The van der Waals surface area contributed by atoms with Crippen LogP contribution in [0.15, 0.2) is 66.7 Å². The SMILES string of the molecule is CN(C)C(c1cc(COc2ccccc2CC(=O)O)cc(-c2cccc(CN)c2)c1)C(F)(F)F. The van der Waals surface area contributed by atoms with Crippen molar-refractivity contribution in [2.24, 2.45) is 5.73 Å². The molecule has 0 saturated carbocycles. The topological polar surface area (TPSA) is 75.8 Å². The van der Waals surface area contributed by atoms with E-state index in [0.29, 0.717) is 29.0 Å². The Morgan fingerprint density at radius 1 is 1.00 bits per heavy atom. The Hall–Kier alpha value is -3.36. The number of hydrogen-bond donors (Lipinski definition) is 2. The van der Waals surface area contributed by atoms with Gasteiger partial charge in [0.1, 0.15) is 18.4 Å². The van der Waals surface area contributed by atoms with E-state index in [4.69, 9.17) is 15.6 Å². The second kappa shape index (κ2) is 10.7. The number of nitrogens with two attached hydrogens (primary N) is 1. The molecule has 0 aliphatic heterocycles. The molecule has 0 fully saturated rings. The Morgan fingerprint density at radius 2 is 1.71 bits per heavy atom. The molecule has 0 saturated heterocycles. The highest BCUT2D eigenvalue weighted by Crippen LogP contribution is 2.38. The van der Waals surface area contributed by atoms with Gasteiger partial charge in [-0.2, -0.15) is 13.2 Å². The molecule has 0 aliphatic carbocycles. The average molecular weight is 473 g/mol. The van der Waals surface area contributed by atoms with Crippen LogP contribution in [0.5, 0.6) is 5.75 Å². The molecule has 0 amide bonds. The summed E-state index contributed by atoms with van der Waals surface area (Å²) in [6.07, 6.45) is -4.70. The van der Waals surface area contributed by atoms with Gasteiger partial charge in [-0.05, 0) is 66.2 Å². The van der Waals surface area contributed by atoms with Gasteiger partial charge in [-0.25, -0.2) is 0 Å². The third-order valence-corrected chi connectivity index (χ3v) is 5.36. The van der Waals surface area contributed by atoms with Crippen molar-refractivity contribution < 1.29 is 27.8 Å². The number of rotatable bonds is 9. The second-order valence-electron chi connectivity index (χ2n) is 8.24. The van der Waals surface area contributed by atoms with Crippen molar-refractivity contribution in [3.05, 3.63) is 89.0 Å². The number of benzene rings is 3. The lowest BCUT2D eigenvalue weighted by atomic mass is 9.95. The van der Waals surface area contributed by atoms with Crippen LogP contribution in [-0.2, 0) is 24.4 Å². The van der Waals surface area contributed by atoms with Crippen LogP contribution < -0.4 is 10.5 Å². The molecule has 0 aliphatic rings. The van der Waals surface area contributed by atoms with Gasteiger partial charge in [-0.15, -0.1) is 0 Å². The van der Waals surface area contributed by atoms with E-state index in [1.807, 2.05) is 24.3 Å². The lowest BCUT2D eigenvalue weighted by Gasteiger charge is -2.28. The number of carboxylic acids is 1. The van der Waals surface area contributed by atoms with Crippen molar-refractivity contribution >= 4 is 5.97 Å². The molecule has 1 unspecified atom stereocenters. The van der Waals surface area contributed by atoms with Gasteiger partial charge < -0.3 is 15.6 Å². The largest absolute Gasteiger partial charge is 0.489 e. The number of nitrogens with zero attached hydrogens (tertiary/aromatic N) is 1. The second-order valence-corrected chi connectivity index (χ2v) is 8.24. The van der Waals surface area contributed by atoms with E-state index in [9.17, 15) is 18.0 Å². The zero-order valence-electron chi connectivity index (χ0n) is 19.0. The first-order valence-electron chi connectivity index (χ1n) is 10.7. The monoisotopic (exact) mass is 472 g/mol. The molecule has 5 nitrogen and oxygen atoms in total. The molecule has 0 bridgehead atoms. The van der Waals surface area contributed by atoms with Crippen LogP contribution >= 0.6 is 0 Å². The summed E-state index contributed by atoms with van der Waals surface area (Å²) in [5.74, 6) is -0.624. The Balaban J connectivity index is 2.03. The summed E-state index contributed by atoms with van der Waals surface area (Å²) in [7, 11) is 2.77. The Labute approximate surface area is 196 Å². The summed E-state index contributed by atoms with van der Waals surface area (Å²) in [4.78, 5) is 12.3. The smallest absolute Gasteiger partial charge is 0.408 e. The van der Waals surface area contributed by atoms with Crippen molar-refractivity contribution in [2.75, 3.05) is 14.1 Å². The molecule has 3 aromatic rings. The molecule has 0 heterocycles. The van der Waals surface area contributed by atoms with E-state index in [2.05, 4.69) is 0 Å². The number of hydrogen-bond acceptors (Lipinski definition) is 4. The summed E-state index contributed by atoms with van der Waals surface area (Å²) >= 11 is 0. The van der Waals surface area contributed by atoms with E-state index in [0.717, 1.165) is 16.0 Å². The first-order chi connectivity index (χ1) is 16.1. The minimum atomic E-state index is -4.48.